The summed E-state index contributed by atoms with van der Waals surface area (Å²) in [6.45, 7) is 8.25. The van der Waals surface area contributed by atoms with Crippen LogP contribution in [0, 0.1) is 6.92 Å². The number of nitrogens with one attached hydrogen (secondary N) is 1. The molecule has 6 nitrogen and oxygen atoms in total. The minimum atomic E-state index is -0.501. The standard InChI is InChI=1S/C25H26N4O2/c1-16-12-18(14-19(13-16)25(2,3)4)21-6-5-11-29-23(21)27-24(28-29)26-20-9-7-17(8-10-20)22(31)15-30/h5-14,30H,15H2,1-4H3,(H,26,28). The fraction of sp³-hybridized carbons (Fsp3) is 0.240. The van der Waals surface area contributed by atoms with Gasteiger partial charge in [-0.2, -0.15) is 4.98 Å². The van der Waals surface area contributed by atoms with Crippen molar-refractivity contribution in [2.45, 2.75) is 33.1 Å². The van der Waals surface area contributed by atoms with Gasteiger partial charge in [-0.1, -0.05) is 44.5 Å². The molecule has 0 bridgehead atoms. The van der Waals surface area contributed by atoms with Gasteiger partial charge >= 0.3 is 0 Å². The number of hydrogen-bond acceptors (Lipinski definition) is 5. The number of hydrogen-bond donors (Lipinski definition) is 2. The average Bonchev–Trinajstić information content (AvgIpc) is 3.15. The molecule has 0 aliphatic heterocycles. The molecule has 0 unspecified atom stereocenters. The molecule has 158 valence electrons. The zero-order valence-electron chi connectivity index (χ0n) is 18.2. The van der Waals surface area contributed by atoms with Gasteiger partial charge in [-0.15, -0.1) is 5.10 Å². The topological polar surface area (TPSA) is 79.5 Å². The van der Waals surface area contributed by atoms with Gasteiger partial charge in [0.25, 0.3) is 0 Å². The van der Waals surface area contributed by atoms with Crippen LogP contribution in [0.1, 0.15) is 42.3 Å². The first kappa shape index (κ1) is 20.8. The van der Waals surface area contributed by atoms with E-state index < -0.39 is 6.61 Å². The Balaban J connectivity index is 1.70. The van der Waals surface area contributed by atoms with E-state index in [1.807, 2.05) is 12.3 Å². The summed E-state index contributed by atoms with van der Waals surface area (Å²) in [5.74, 6) is 0.159. The molecule has 0 radical (unpaired) electrons. The minimum Gasteiger partial charge on any atom is -0.388 e. The molecule has 31 heavy (non-hydrogen) atoms. The van der Waals surface area contributed by atoms with Crippen LogP contribution in [0.25, 0.3) is 16.8 Å². The molecule has 0 amide bonds. The van der Waals surface area contributed by atoms with Gasteiger partial charge in [0.2, 0.25) is 5.95 Å². The lowest BCUT2D eigenvalue weighted by Gasteiger charge is -2.21. The molecule has 0 saturated heterocycles. The van der Waals surface area contributed by atoms with Gasteiger partial charge in [-0.05, 0) is 59.9 Å². The molecule has 2 N–H and O–H groups in total. The number of aliphatic hydroxyl groups is 1. The molecule has 0 fully saturated rings. The number of aryl methyl sites for hydroxylation is 1. The van der Waals surface area contributed by atoms with Crippen molar-refractivity contribution in [1.82, 2.24) is 14.6 Å². The Kier molecular flexibility index (Phi) is 5.33. The average molecular weight is 415 g/mol. The molecule has 2 aromatic carbocycles. The molecular formula is C25H26N4O2. The number of pyridine rings is 1. The number of aliphatic hydroxyl groups excluding tert-OH is 1. The fourth-order valence-corrected chi connectivity index (χ4v) is 3.52. The summed E-state index contributed by atoms with van der Waals surface area (Å²) in [4.78, 5) is 16.3. The maximum Gasteiger partial charge on any atom is 0.247 e. The van der Waals surface area contributed by atoms with Crippen molar-refractivity contribution in [3.05, 3.63) is 77.5 Å². The summed E-state index contributed by atoms with van der Waals surface area (Å²) in [5.41, 5.74) is 6.66. The van der Waals surface area contributed by atoms with E-state index in [9.17, 15) is 4.79 Å². The first-order valence-corrected chi connectivity index (χ1v) is 10.2. The third-order valence-electron chi connectivity index (χ3n) is 5.22. The Hall–Kier alpha value is -3.51. The van der Waals surface area contributed by atoms with Crippen molar-refractivity contribution >= 4 is 23.1 Å². The molecule has 0 aliphatic rings. The lowest BCUT2D eigenvalue weighted by molar-refractivity contribution is 0.0904. The molecule has 0 aliphatic carbocycles. The van der Waals surface area contributed by atoms with Crippen LogP contribution in [0.3, 0.4) is 0 Å². The molecule has 0 atom stereocenters. The Morgan fingerprint density at radius 2 is 1.84 bits per heavy atom. The second kappa shape index (κ2) is 7.96. The highest BCUT2D eigenvalue weighted by Crippen LogP contribution is 2.31. The normalized spacial score (nSPS) is 11.6. The SMILES string of the molecule is Cc1cc(-c2cccn3nc(Nc4ccc(C(=O)CO)cc4)nc23)cc(C(C)(C)C)c1. The maximum atomic E-state index is 11.6. The Morgan fingerprint density at radius 1 is 1.10 bits per heavy atom. The van der Waals surface area contributed by atoms with Crippen LogP contribution in [0.5, 0.6) is 0 Å². The molecule has 4 aromatic rings. The van der Waals surface area contributed by atoms with E-state index in [0.29, 0.717) is 11.5 Å². The second-order valence-corrected chi connectivity index (χ2v) is 8.75. The van der Waals surface area contributed by atoms with Crippen molar-refractivity contribution < 1.29 is 9.90 Å². The van der Waals surface area contributed by atoms with E-state index >= 15 is 0 Å². The summed E-state index contributed by atoms with van der Waals surface area (Å²) in [6, 6.07) is 17.5. The first-order chi connectivity index (χ1) is 14.7. The van der Waals surface area contributed by atoms with Crippen LogP contribution in [-0.4, -0.2) is 32.1 Å². The highest BCUT2D eigenvalue weighted by atomic mass is 16.3. The quantitative estimate of drug-likeness (QED) is 0.453. The van der Waals surface area contributed by atoms with E-state index in [1.54, 1.807) is 28.8 Å². The van der Waals surface area contributed by atoms with E-state index in [1.165, 1.54) is 11.1 Å². The summed E-state index contributed by atoms with van der Waals surface area (Å²) >= 11 is 0. The van der Waals surface area contributed by atoms with Crippen LogP contribution in [-0.2, 0) is 5.41 Å². The summed E-state index contributed by atoms with van der Waals surface area (Å²) in [6.07, 6.45) is 1.88. The summed E-state index contributed by atoms with van der Waals surface area (Å²) < 4.78 is 1.76. The number of carbonyl (C=O) groups excluding carboxylic acids is 1. The van der Waals surface area contributed by atoms with Crippen LogP contribution in [0.4, 0.5) is 11.6 Å². The molecule has 0 saturated carbocycles. The van der Waals surface area contributed by atoms with Crippen molar-refractivity contribution in [3.63, 3.8) is 0 Å². The largest absolute Gasteiger partial charge is 0.388 e. The Bertz CT molecular complexity index is 1250. The first-order valence-electron chi connectivity index (χ1n) is 10.2. The zero-order valence-corrected chi connectivity index (χ0v) is 18.2. The Labute approximate surface area is 181 Å². The number of benzene rings is 2. The number of anilines is 2. The third-order valence-corrected chi connectivity index (χ3v) is 5.22. The van der Waals surface area contributed by atoms with Crippen LogP contribution < -0.4 is 5.32 Å². The van der Waals surface area contributed by atoms with Crippen molar-refractivity contribution in [2.24, 2.45) is 0 Å². The van der Waals surface area contributed by atoms with Gasteiger partial charge in [-0.3, -0.25) is 4.79 Å². The number of Topliss-reactive ketones (excluding diaryl/α,β-unsaturated/α-hetero) is 1. The van der Waals surface area contributed by atoms with Crippen LogP contribution in [0.15, 0.2) is 60.8 Å². The van der Waals surface area contributed by atoms with E-state index in [2.05, 4.69) is 62.4 Å². The number of aromatic nitrogens is 3. The molecule has 2 aromatic heterocycles. The fourth-order valence-electron chi connectivity index (χ4n) is 3.52. The molecule has 6 heteroatoms. The molecule has 4 rings (SSSR count). The number of nitrogens with zero attached hydrogens (tertiary/aromatic N) is 3. The highest BCUT2D eigenvalue weighted by Gasteiger charge is 2.17. The summed E-state index contributed by atoms with van der Waals surface area (Å²) in [7, 11) is 0. The van der Waals surface area contributed by atoms with E-state index in [4.69, 9.17) is 10.1 Å². The van der Waals surface area contributed by atoms with E-state index in [0.717, 1.165) is 22.5 Å². The van der Waals surface area contributed by atoms with Gasteiger partial charge in [0.15, 0.2) is 11.4 Å². The van der Waals surface area contributed by atoms with Gasteiger partial charge < -0.3 is 10.4 Å². The lowest BCUT2D eigenvalue weighted by atomic mass is 9.84. The predicted molar refractivity (Wildman–Crippen MR) is 123 cm³/mol. The predicted octanol–water partition coefficient (Wildman–Crippen LogP) is 4.92. The summed E-state index contributed by atoms with van der Waals surface area (Å²) in [5, 5.41) is 16.7. The van der Waals surface area contributed by atoms with Crippen LogP contribution in [0.2, 0.25) is 0 Å². The zero-order chi connectivity index (χ0) is 22.2. The lowest BCUT2D eigenvalue weighted by Crippen LogP contribution is -2.11. The molecule has 2 heterocycles. The maximum absolute atomic E-state index is 11.6. The van der Waals surface area contributed by atoms with Gasteiger partial charge in [0, 0.05) is 23.0 Å². The monoisotopic (exact) mass is 414 g/mol. The second-order valence-electron chi connectivity index (χ2n) is 8.75. The third kappa shape index (κ3) is 4.34. The minimum absolute atomic E-state index is 0.0514. The number of fused-ring (bicyclic) bond motifs is 1. The molecule has 0 spiro atoms. The number of carbonyl (C=O) groups is 1. The Morgan fingerprint density at radius 3 is 2.52 bits per heavy atom. The number of rotatable bonds is 5. The van der Waals surface area contributed by atoms with Gasteiger partial charge in [0.1, 0.15) is 6.61 Å². The number of ketones is 1. The van der Waals surface area contributed by atoms with Crippen molar-refractivity contribution in [2.75, 3.05) is 11.9 Å². The van der Waals surface area contributed by atoms with Crippen molar-refractivity contribution in [1.29, 1.82) is 0 Å². The van der Waals surface area contributed by atoms with Gasteiger partial charge in [-0.25, -0.2) is 4.52 Å². The smallest absolute Gasteiger partial charge is 0.247 e. The highest BCUT2D eigenvalue weighted by molar-refractivity contribution is 5.97. The van der Waals surface area contributed by atoms with Gasteiger partial charge in [0.05, 0.1) is 0 Å². The van der Waals surface area contributed by atoms with Crippen LogP contribution >= 0.6 is 0 Å². The van der Waals surface area contributed by atoms with E-state index in [-0.39, 0.29) is 11.2 Å². The van der Waals surface area contributed by atoms with Crippen molar-refractivity contribution in [3.8, 4) is 11.1 Å². The molecular weight excluding hydrogens is 388 g/mol.